The SMILES string of the molecule is CC(C)(C)CNC(=O)C(C)(C)C.CC(C)CCNC(=O)C(C)(C)C.CC(C)CCNC(=O)C(C)(C)C.CCNC(=O)C(C)(C)C. The molecule has 0 aromatic carbocycles. The van der Waals surface area contributed by atoms with E-state index in [1.54, 1.807) is 0 Å². The predicted octanol–water partition coefficient (Wildman–Crippen LogP) is 7.75. The molecule has 0 saturated heterocycles. The fourth-order valence-corrected chi connectivity index (χ4v) is 2.52. The molecule has 4 N–H and O–H groups in total. The first-order valence-corrected chi connectivity index (χ1v) is 16.9. The van der Waals surface area contributed by atoms with Gasteiger partial charge in [0.05, 0.1) is 0 Å². The topological polar surface area (TPSA) is 116 Å². The molecule has 0 atom stereocenters. The second-order valence-corrected chi connectivity index (χ2v) is 18.0. The highest BCUT2D eigenvalue weighted by Gasteiger charge is 2.23. The Labute approximate surface area is 280 Å². The van der Waals surface area contributed by atoms with Gasteiger partial charge in [-0.2, -0.15) is 0 Å². The van der Waals surface area contributed by atoms with Gasteiger partial charge in [-0.05, 0) is 37.0 Å². The molecule has 0 spiro atoms. The minimum absolute atomic E-state index is 0.116. The summed E-state index contributed by atoms with van der Waals surface area (Å²) in [4.78, 5) is 45.0. The minimum atomic E-state index is -0.273. The summed E-state index contributed by atoms with van der Waals surface area (Å²) >= 11 is 0. The van der Waals surface area contributed by atoms with Crippen molar-refractivity contribution in [3.05, 3.63) is 0 Å². The van der Waals surface area contributed by atoms with Gasteiger partial charge in [0, 0.05) is 47.8 Å². The zero-order valence-electron chi connectivity index (χ0n) is 33.5. The lowest BCUT2D eigenvalue weighted by Crippen LogP contribution is -2.39. The molecule has 0 rings (SSSR count). The molecule has 0 bridgehead atoms. The molecule has 0 heterocycles. The van der Waals surface area contributed by atoms with Gasteiger partial charge in [-0.25, -0.2) is 0 Å². The van der Waals surface area contributed by atoms with Gasteiger partial charge in [-0.1, -0.05) is 132 Å². The first-order chi connectivity index (χ1) is 19.8. The van der Waals surface area contributed by atoms with Crippen LogP contribution in [0.3, 0.4) is 0 Å². The average Bonchev–Trinajstić information content (AvgIpc) is 2.80. The van der Waals surface area contributed by atoms with Gasteiger partial charge >= 0.3 is 0 Å². The highest BCUT2D eigenvalue weighted by molar-refractivity contribution is 5.82. The second kappa shape index (κ2) is 22.4. The molecule has 0 fully saturated rings. The summed E-state index contributed by atoms with van der Waals surface area (Å²) in [6, 6.07) is 0. The van der Waals surface area contributed by atoms with E-state index in [-0.39, 0.29) is 50.7 Å². The van der Waals surface area contributed by atoms with Crippen LogP contribution in [0.4, 0.5) is 0 Å². The molecule has 270 valence electrons. The smallest absolute Gasteiger partial charge is 0.225 e. The van der Waals surface area contributed by atoms with Crippen LogP contribution >= 0.6 is 0 Å². The summed E-state index contributed by atoms with van der Waals surface area (Å²) in [7, 11) is 0. The van der Waals surface area contributed by atoms with Crippen LogP contribution in [0.1, 0.15) is 151 Å². The monoisotopic (exact) mass is 643 g/mol. The Morgan fingerprint density at radius 2 is 0.689 bits per heavy atom. The van der Waals surface area contributed by atoms with Gasteiger partial charge in [0.2, 0.25) is 23.6 Å². The van der Waals surface area contributed by atoms with E-state index in [0.29, 0.717) is 11.8 Å². The van der Waals surface area contributed by atoms with Gasteiger partial charge < -0.3 is 21.3 Å². The van der Waals surface area contributed by atoms with Crippen LogP contribution in [0.2, 0.25) is 0 Å². The van der Waals surface area contributed by atoms with E-state index in [2.05, 4.69) is 69.7 Å². The maximum absolute atomic E-state index is 11.4. The van der Waals surface area contributed by atoms with Gasteiger partial charge in [-0.15, -0.1) is 0 Å². The quantitative estimate of drug-likeness (QED) is 0.217. The number of hydrogen-bond acceptors (Lipinski definition) is 4. The highest BCUT2D eigenvalue weighted by Crippen LogP contribution is 2.16. The number of carbonyl (C=O) groups is 4. The molecule has 0 aliphatic carbocycles. The van der Waals surface area contributed by atoms with Crippen molar-refractivity contribution >= 4 is 23.6 Å². The molecule has 0 aromatic heterocycles. The Hall–Kier alpha value is -2.12. The fraction of sp³-hybridized carbons (Fsp3) is 0.892. The number of nitrogens with one attached hydrogen (secondary N) is 4. The summed E-state index contributed by atoms with van der Waals surface area (Å²) in [5.41, 5.74) is -0.851. The van der Waals surface area contributed by atoms with Crippen LogP contribution in [-0.2, 0) is 19.2 Å². The van der Waals surface area contributed by atoms with Crippen LogP contribution in [0.5, 0.6) is 0 Å². The fourth-order valence-electron chi connectivity index (χ4n) is 2.52. The summed E-state index contributed by atoms with van der Waals surface area (Å²) in [6.45, 7) is 43.0. The van der Waals surface area contributed by atoms with Crippen molar-refractivity contribution in [3.63, 3.8) is 0 Å². The summed E-state index contributed by atoms with van der Waals surface area (Å²) < 4.78 is 0. The Kier molecular flexibility index (Phi) is 24.8. The van der Waals surface area contributed by atoms with Crippen LogP contribution in [0.25, 0.3) is 0 Å². The van der Waals surface area contributed by atoms with Gasteiger partial charge in [0.15, 0.2) is 0 Å². The van der Waals surface area contributed by atoms with Gasteiger partial charge in [0.25, 0.3) is 0 Å². The lowest BCUT2D eigenvalue weighted by molar-refractivity contribution is -0.129. The average molecular weight is 643 g/mol. The van der Waals surface area contributed by atoms with E-state index in [9.17, 15) is 19.2 Å². The zero-order chi connectivity index (χ0) is 37.0. The van der Waals surface area contributed by atoms with Gasteiger partial charge in [0.1, 0.15) is 0 Å². The van der Waals surface area contributed by atoms with Crippen molar-refractivity contribution in [2.24, 2.45) is 38.9 Å². The van der Waals surface area contributed by atoms with Crippen molar-refractivity contribution in [2.45, 2.75) is 151 Å². The molecular formula is C37H78N4O4. The molecule has 0 aliphatic heterocycles. The summed E-state index contributed by atoms with van der Waals surface area (Å²) in [5, 5.41) is 11.5. The van der Waals surface area contributed by atoms with Crippen LogP contribution < -0.4 is 21.3 Å². The molecule has 0 aromatic rings. The lowest BCUT2D eigenvalue weighted by atomic mass is 9.93. The number of amides is 4. The standard InChI is InChI=1S/3C10H21NO.C7H15NO/c1-9(2,3)7-11-8(12)10(4,5)6;2*1-8(2)6-7-11-9(12)10(3,4)5;1-5-8-6(9)7(2,3)4/h7H2,1-6H3,(H,11,12);2*8H,6-7H2,1-5H3,(H,11,12);5H2,1-4H3,(H,8,9). The number of carbonyl (C=O) groups excluding carboxylic acids is 4. The predicted molar refractivity (Wildman–Crippen MR) is 194 cm³/mol. The third kappa shape index (κ3) is 36.2. The van der Waals surface area contributed by atoms with Crippen LogP contribution in [-0.4, -0.2) is 49.8 Å². The van der Waals surface area contributed by atoms with Gasteiger partial charge in [-0.3, -0.25) is 19.2 Å². The molecule has 4 amide bonds. The maximum Gasteiger partial charge on any atom is 0.225 e. The number of hydrogen-bond donors (Lipinski definition) is 4. The lowest BCUT2D eigenvalue weighted by Gasteiger charge is -2.23. The second-order valence-electron chi connectivity index (χ2n) is 18.0. The Morgan fingerprint density at radius 3 is 0.867 bits per heavy atom. The Bertz CT molecular complexity index is 793. The maximum atomic E-state index is 11.4. The third-order valence-corrected chi connectivity index (χ3v) is 5.86. The summed E-state index contributed by atoms with van der Waals surface area (Å²) in [6.07, 6.45) is 2.11. The number of rotatable bonds is 8. The molecule has 0 aliphatic rings. The van der Waals surface area contributed by atoms with E-state index in [1.165, 1.54) is 0 Å². The van der Waals surface area contributed by atoms with Crippen molar-refractivity contribution in [1.29, 1.82) is 0 Å². The van der Waals surface area contributed by atoms with Crippen molar-refractivity contribution in [1.82, 2.24) is 21.3 Å². The first-order valence-electron chi connectivity index (χ1n) is 16.9. The van der Waals surface area contributed by atoms with E-state index in [4.69, 9.17) is 0 Å². The van der Waals surface area contributed by atoms with Crippen molar-refractivity contribution in [2.75, 3.05) is 26.2 Å². The highest BCUT2D eigenvalue weighted by atomic mass is 16.2. The zero-order valence-corrected chi connectivity index (χ0v) is 33.5. The molecular weight excluding hydrogens is 564 g/mol. The molecule has 8 nitrogen and oxygen atoms in total. The Morgan fingerprint density at radius 1 is 0.444 bits per heavy atom. The van der Waals surface area contributed by atoms with Crippen LogP contribution in [0, 0.1) is 38.9 Å². The molecule has 45 heavy (non-hydrogen) atoms. The Balaban J connectivity index is -0.000000251. The van der Waals surface area contributed by atoms with Crippen LogP contribution in [0.15, 0.2) is 0 Å². The third-order valence-electron chi connectivity index (χ3n) is 5.86. The normalized spacial score (nSPS) is 12.0. The van der Waals surface area contributed by atoms with E-state index in [0.717, 1.165) is 39.0 Å². The molecule has 0 radical (unpaired) electrons. The largest absolute Gasteiger partial charge is 0.356 e. The van der Waals surface area contributed by atoms with Crippen molar-refractivity contribution < 1.29 is 19.2 Å². The summed E-state index contributed by atoms with van der Waals surface area (Å²) in [5.74, 6) is 1.84. The molecule has 0 saturated carbocycles. The van der Waals surface area contributed by atoms with E-state index in [1.807, 2.05) is 90.0 Å². The molecule has 0 unspecified atom stereocenters. The van der Waals surface area contributed by atoms with E-state index >= 15 is 0 Å². The molecule has 8 heteroatoms. The first kappa shape index (κ1) is 49.8. The minimum Gasteiger partial charge on any atom is -0.356 e. The van der Waals surface area contributed by atoms with Crippen molar-refractivity contribution in [3.8, 4) is 0 Å². The van der Waals surface area contributed by atoms with E-state index < -0.39 is 0 Å².